The van der Waals surface area contributed by atoms with Crippen LogP contribution in [-0.4, -0.2) is 10.9 Å². The van der Waals surface area contributed by atoms with Gasteiger partial charge >= 0.3 is 0 Å². The van der Waals surface area contributed by atoms with E-state index >= 15 is 0 Å². The lowest BCUT2D eigenvalue weighted by Crippen LogP contribution is -2.12. The molecular weight excluding hydrogens is 236 g/mol. The Balaban J connectivity index is 1.63. The summed E-state index contributed by atoms with van der Waals surface area (Å²) in [5, 5.41) is 2.91. The predicted octanol–water partition coefficient (Wildman–Crippen LogP) is 2.95. The monoisotopic (exact) mass is 251 g/mol. The van der Waals surface area contributed by atoms with E-state index < -0.39 is 0 Å². The van der Waals surface area contributed by atoms with Gasteiger partial charge in [0.1, 0.15) is 0 Å². The van der Waals surface area contributed by atoms with Crippen molar-refractivity contribution in [2.24, 2.45) is 0 Å². The van der Waals surface area contributed by atoms with E-state index in [0.29, 0.717) is 0 Å². The van der Waals surface area contributed by atoms with Crippen molar-refractivity contribution >= 4 is 11.6 Å². The molecule has 0 fully saturated rings. The Kier molecular flexibility index (Phi) is 3.27. The van der Waals surface area contributed by atoms with Crippen LogP contribution in [0.3, 0.4) is 0 Å². The molecule has 0 spiro atoms. The Morgan fingerprint density at radius 1 is 1.21 bits per heavy atom. The summed E-state index contributed by atoms with van der Waals surface area (Å²) in [7, 11) is 0. The Hall–Kier alpha value is -2.16. The van der Waals surface area contributed by atoms with Gasteiger partial charge in [-0.05, 0) is 42.5 Å². The van der Waals surface area contributed by atoms with Gasteiger partial charge in [0, 0.05) is 18.1 Å². The molecule has 0 saturated carbocycles. The normalized spacial score (nSPS) is 17.1. The average Bonchev–Trinajstić information content (AvgIpc) is 2.76. The molecule has 1 aromatic heterocycles. The van der Waals surface area contributed by atoms with Gasteiger partial charge in [-0.15, -0.1) is 0 Å². The SMILES string of the molecule is O=C1Nc2ccccc2C1[CH]CCc1cccnc1. The summed E-state index contributed by atoms with van der Waals surface area (Å²) < 4.78 is 0. The summed E-state index contributed by atoms with van der Waals surface area (Å²) in [6, 6.07) is 11.9. The van der Waals surface area contributed by atoms with Gasteiger partial charge in [0.05, 0.1) is 5.92 Å². The highest BCUT2D eigenvalue weighted by molar-refractivity contribution is 6.03. The number of aryl methyl sites for hydroxylation is 1. The minimum absolute atomic E-state index is 0.0763. The van der Waals surface area contributed by atoms with Crippen LogP contribution in [0.25, 0.3) is 0 Å². The Morgan fingerprint density at radius 2 is 2.11 bits per heavy atom. The lowest BCUT2D eigenvalue weighted by atomic mass is 9.94. The zero-order chi connectivity index (χ0) is 13.1. The number of anilines is 1. The van der Waals surface area contributed by atoms with E-state index in [1.165, 1.54) is 5.56 Å². The van der Waals surface area contributed by atoms with Crippen LogP contribution in [0.2, 0.25) is 0 Å². The smallest absolute Gasteiger partial charge is 0.232 e. The molecule has 2 heterocycles. The van der Waals surface area contributed by atoms with Crippen LogP contribution in [0.5, 0.6) is 0 Å². The maximum atomic E-state index is 11.9. The van der Waals surface area contributed by atoms with E-state index in [0.717, 1.165) is 24.1 Å². The Morgan fingerprint density at radius 3 is 2.95 bits per heavy atom. The Labute approximate surface area is 112 Å². The summed E-state index contributed by atoms with van der Waals surface area (Å²) in [4.78, 5) is 16.0. The number of benzene rings is 1. The second kappa shape index (κ2) is 5.22. The van der Waals surface area contributed by atoms with Gasteiger partial charge in [0.15, 0.2) is 0 Å². The first-order chi connectivity index (χ1) is 9.34. The number of amides is 1. The number of carbonyl (C=O) groups excluding carboxylic acids is 1. The van der Waals surface area contributed by atoms with Gasteiger partial charge in [-0.3, -0.25) is 9.78 Å². The summed E-state index contributed by atoms with van der Waals surface area (Å²) in [5.74, 6) is -0.0414. The van der Waals surface area contributed by atoms with Crippen LogP contribution < -0.4 is 5.32 Å². The van der Waals surface area contributed by atoms with Crippen molar-refractivity contribution in [2.45, 2.75) is 18.8 Å². The molecular formula is C16H15N2O. The van der Waals surface area contributed by atoms with Crippen LogP contribution in [-0.2, 0) is 11.2 Å². The fourth-order valence-electron chi connectivity index (χ4n) is 2.43. The van der Waals surface area contributed by atoms with Crippen molar-refractivity contribution < 1.29 is 4.79 Å². The quantitative estimate of drug-likeness (QED) is 0.907. The van der Waals surface area contributed by atoms with Crippen molar-refractivity contribution in [1.29, 1.82) is 0 Å². The molecule has 19 heavy (non-hydrogen) atoms. The number of hydrogen-bond acceptors (Lipinski definition) is 2. The fourth-order valence-corrected chi connectivity index (χ4v) is 2.43. The van der Waals surface area contributed by atoms with Crippen LogP contribution in [0.15, 0.2) is 48.8 Å². The average molecular weight is 251 g/mol. The molecule has 95 valence electrons. The topological polar surface area (TPSA) is 42.0 Å². The molecule has 3 heteroatoms. The van der Waals surface area contributed by atoms with Crippen molar-refractivity contribution in [3.8, 4) is 0 Å². The summed E-state index contributed by atoms with van der Waals surface area (Å²) in [6.07, 6.45) is 7.52. The number of carbonyl (C=O) groups is 1. The molecule has 1 aliphatic rings. The number of aromatic nitrogens is 1. The van der Waals surface area contributed by atoms with Crippen molar-refractivity contribution in [2.75, 3.05) is 5.32 Å². The lowest BCUT2D eigenvalue weighted by molar-refractivity contribution is -0.116. The zero-order valence-corrected chi connectivity index (χ0v) is 10.5. The fraction of sp³-hybridized carbons (Fsp3) is 0.188. The zero-order valence-electron chi connectivity index (χ0n) is 10.5. The van der Waals surface area contributed by atoms with E-state index in [-0.39, 0.29) is 11.8 Å². The number of fused-ring (bicyclic) bond motifs is 1. The number of nitrogens with zero attached hydrogens (tertiary/aromatic N) is 1. The standard InChI is InChI=1S/C16H15N2O/c19-16-14(13-7-1-2-9-15(13)18-16)8-3-5-12-6-4-10-17-11-12/h1-2,4,6-11,14H,3,5H2,(H,18,19). The van der Waals surface area contributed by atoms with Crippen molar-refractivity contribution in [1.82, 2.24) is 4.98 Å². The van der Waals surface area contributed by atoms with E-state index in [1.54, 1.807) is 6.20 Å². The number of nitrogens with one attached hydrogen (secondary N) is 1. The van der Waals surface area contributed by atoms with E-state index in [4.69, 9.17) is 0 Å². The molecule has 1 aliphatic heterocycles. The molecule has 1 N–H and O–H groups in total. The van der Waals surface area contributed by atoms with E-state index in [2.05, 4.69) is 22.8 Å². The largest absolute Gasteiger partial charge is 0.325 e. The number of hydrogen-bond donors (Lipinski definition) is 1. The Bertz CT molecular complexity index is 580. The van der Waals surface area contributed by atoms with Crippen LogP contribution in [0.4, 0.5) is 5.69 Å². The third-order valence-corrected chi connectivity index (χ3v) is 3.39. The van der Waals surface area contributed by atoms with Crippen molar-refractivity contribution in [3.63, 3.8) is 0 Å². The maximum absolute atomic E-state index is 11.9. The number of pyridine rings is 1. The summed E-state index contributed by atoms with van der Waals surface area (Å²) >= 11 is 0. The first kappa shape index (κ1) is 11.9. The second-order valence-electron chi connectivity index (χ2n) is 4.69. The maximum Gasteiger partial charge on any atom is 0.232 e. The molecule has 3 nitrogen and oxygen atoms in total. The minimum atomic E-state index is -0.118. The molecule has 0 bridgehead atoms. The van der Waals surface area contributed by atoms with Gasteiger partial charge < -0.3 is 5.32 Å². The van der Waals surface area contributed by atoms with Gasteiger partial charge in [-0.2, -0.15) is 0 Å². The minimum Gasteiger partial charge on any atom is -0.325 e. The highest BCUT2D eigenvalue weighted by Gasteiger charge is 2.29. The first-order valence-electron chi connectivity index (χ1n) is 6.46. The number of para-hydroxylation sites is 1. The van der Waals surface area contributed by atoms with Gasteiger partial charge in [-0.25, -0.2) is 0 Å². The predicted molar refractivity (Wildman–Crippen MR) is 74.7 cm³/mol. The van der Waals surface area contributed by atoms with E-state index in [9.17, 15) is 4.79 Å². The first-order valence-corrected chi connectivity index (χ1v) is 6.46. The summed E-state index contributed by atoms with van der Waals surface area (Å²) in [6.45, 7) is 0. The molecule has 1 radical (unpaired) electrons. The molecule has 1 amide bonds. The molecule has 2 aromatic rings. The van der Waals surface area contributed by atoms with Crippen LogP contribution in [0.1, 0.15) is 23.5 Å². The molecule has 0 aliphatic carbocycles. The van der Waals surface area contributed by atoms with Crippen molar-refractivity contribution in [3.05, 3.63) is 66.3 Å². The lowest BCUT2D eigenvalue weighted by Gasteiger charge is -2.07. The molecule has 3 rings (SSSR count). The molecule has 1 aromatic carbocycles. The second-order valence-corrected chi connectivity index (χ2v) is 4.69. The number of rotatable bonds is 4. The van der Waals surface area contributed by atoms with Gasteiger partial charge in [-0.1, -0.05) is 24.3 Å². The summed E-state index contributed by atoms with van der Waals surface area (Å²) in [5.41, 5.74) is 3.22. The third kappa shape index (κ3) is 2.50. The van der Waals surface area contributed by atoms with Crippen LogP contribution in [0, 0.1) is 6.42 Å². The van der Waals surface area contributed by atoms with Gasteiger partial charge in [0.25, 0.3) is 0 Å². The third-order valence-electron chi connectivity index (χ3n) is 3.39. The highest BCUT2D eigenvalue weighted by atomic mass is 16.2. The molecule has 1 unspecified atom stereocenters. The van der Waals surface area contributed by atoms with E-state index in [1.807, 2.05) is 36.5 Å². The molecule has 0 saturated heterocycles. The molecule has 1 atom stereocenters. The highest BCUT2D eigenvalue weighted by Crippen LogP contribution is 2.34. The van der Waals surface area contributed by atoms with Gasteiger partial charge in [0.2, 0.25) is 5.91 Å². The van der Waals surface area contributed by atoms with Crippen LogP contribution >= 0.6 is 0 Å².